The summed E-state index contributed by atoms with van der Waals surface area (Å²) < 4.78 is 43.9. The van der Waals surface area contributed by atoms with Crippen molar-refractivity contribution in [3.63, 3.8) is 0 Å². The third-order valence-corrected chi connectivity index (χ3v) is 5.78. The summed E-state index contributed by atoms with van der Waals surface area (Å²) in [5.74, 6) is -1.90. The number of esters is 1. The van der Waals surface area contributed by atoms with Crippen LogP contribution in [0.5, 0.6) is 0 Å². The average molecular weight is 570 g/mol. The van der Waals surface area contributed by atoms with Gasteiger partial charge in [0.05, 0.1) is 21.3 Å². The third-order valence-electron chi connectivity index (χ3n) is 4.26. The summed E-state index contributed by atoms with van der Waals surface area (Å²) >= 11 is 15.1. The maximum Gasteiger partial charge on any atom is 0.416 e. The van der Waals surface area contributed by atoms with Gasteiger partial charge < -0.3 is 15.4 Å². The molecule has 0 fully saturated rings. The molecular formula is C21H18BrCl2F3N2O4. The number of alkyl halides is 3. The Morgan fingerprint density at radius 1 is 0.970 bits per heavy atom. The van der Waals surface area contributed by atoms with Crippen LogP contribution in [0.15, 0.2) is 34.8 Å². The van der Waals surface area contributed by atoms with E-state index in [1.165, 1.54) is 0 Å². The van der Waals surface area contributed by atoms with E-state index >= 15 is 0 Å². The molecule has 2 N–H and O–H groups in total. The van der Waals surface area contributed by atoms with Gasteiger partial charge in [-0.15, -0.1) is 0 Å². The van der Waals surface area contributed by atoms with E-state index in [1.807, 2.05) is 0 Å². The lowest BCUT2D eigenvalue weighted by Crippen LogP contribution is -2.21. The van der Waals surface area contributed by atoms with Crippen LogP contribution in [0.25, 0.3) is 0 Å². The molecule has 0 aliphatic carbocycles. The maximum atomic E-state index is 12.8. The van der Waals surface area contributed by atoms with Gasteiger partial charge in [-0.3, -0.25) is 14.4 Å². The lowest BCUT2D eigenvalue weighted by atomic mass is 10.2. The van der Waals surface area contributed by atoms with Crippen LogP contribution in [0, 0.1) is 6.92 Å². The fraction of sp³-hybridized carbons (Fsp3) is 0.286. The SMILES string of the molecule is Cc1cc(Br)c(Cl)cc1NC(=O)COC(=O)CCCC(=O)Nc1cc(C(F)(F)F)ccc1Cl. The monoisotopic (exact) mass is 568 g/mol. The topological polar surface area (TPSA) is 84.5 Å². The van der Waals surface area contributed by atoms with Gasteiger partial charge in [0.25, 0.3) is 5.91 Å². The normalized spacial score (nSPS) is 11.1. The number of rotatable bonds is 8. The van der Waals surface area contributed by atoms with Crippen LogP contribution in [0.3, 0.4) is 0 Å². The average Bonchev–Trinajstić information content (AvgIpc) is 2.71. The number of carbonyl (C=O) groups is 3. The molecule has 6 nitrogen and oxygen atoms in total. The number of aryl methyl sites for hydroxylation is 1. The van der Waals surface area contributed by atoms with Crippen LogP contribution >= 0.6 is 39.1 Å². The van der Waals surface area contributed by atoms with Crippen molar-refractivity contribution in [1.82, 2.24) is 0 Å². The summed E-state index contributed by atoms with van der Waals surface area (Å²) in [5, 5.41) is 5.21. The molecule has 0 radical (unpaired) electrons. The molecule has 2 amide bonds. The van der Waals surface area contributed by atoms with Gasteiger partial charge >= 0.3 is 12.1 Å². The number of amides is 2. The number of carbonyl (C=O) groups excluding carboxylic acids is 3. The highest BCUT2D eigenvalue weighted by Crippen LogP contribution is 2.34. The first kappa shape index (κ1) is 26.9. The number of hydrogen-bond acceptors (Lipinski definition) is 4. The summed E-state index contributed by atoms with van der Waals surface area (Å²) in [6.07, 6.45) is -4.85. The molecule has 33 heavy (non-hydrogen) atoms. The van der Waals surface area contributed by atoms with E-state index in [9.17, 15) is 27.6 Å². The third kappa shape index (κ3) is 8.53. The predicted molar refractivity (Wildman–Crippen MR) is 122 cm³/mol. The first-order valence-corrected chi connectivity index (χ1v) is 11.0. The van der Waals surface area contributed by atoms with Gasteiger partial charge in [0.1, 0.15) is 0 Å². The number of halogens is 6. The second-order valence-corrected chi connectivity index (χ2v) is 8.55. The summed E-state index contributed by atoms with van der Waals surface area (Å²) in [4.78, 5) is 35.8. The molecule has 178 valence electrons. The van der Waals surface area contributed by atoms with E-state index in [0.717, 1.165) is 23.8 Å². The van der Waals surface area contributed by atoms with Gasteiger partial charge in [-0.05, 0) is 65.2 Å². The second kappa shape index (κ2) is 11.7. The number of anilines is 2. The quantitative estimate of drug-likeness (QED) is 0.362. The molecule has 0 bridgehead atoms. The molecule has 0 heterocycles. The molecule has 0 aliphatic rings. The Balaban J connectivity index is 1.75. The Bertz CT molecular complexity index is 1060. The number of ether oxygens (including phenoxy) is 1. The van der Waals surface area contributed by atoms with Gasteiger partial charge in [0.15, 0.2) is 6.61 Å². The molecule has 2 aromatic rings. The van der Waals surface area contributed by atoms with E-state index in [2.05, 4.69) is 26.6 Å². The Labute approximate surface area is 205 Å². The predicted octanol–water partition coefficient (Wildman–Crippen LogP) is 6.37. The van der Waals surface area contributed by atoms with Crippen LogP contribution in [-0.4, -0.2) is 24.4 Å². The van der Waals surface area contributed by atoms with Crippen molar-refractivity contribution in [2.75, 3.05) is 17.2 Å². The molecular weight excluding hydrogens is 552 g/mol. The Hall–Kier alpha value is -2.30. The maximum absolute atomic E-state index is 12.8. The van der Waals surface area contributed by atoms with Crippen molar-refractivity contribution in [2.45, 2.75) is 32.4 Å². The van der Waals surface area contributed by atoms with Crippen LogP contribution in [-0.2, 0) is 25.3 Å². The van der Waals surface area contributed by atoms with Gasteiger partial charge in [0.2, 0.25) is 5.91 Å². The second-order valence-electron chi connectivity index (χ2n) is 6.88. The van der Waals surface area contributed by atoms with E-state index in [1.54, 1.807) is 19.1 Å². The number of hydrogen-bond donors (Lipinski definition) is 2. The zero-order valence-electron chi connectivity index (χ0n) is 17.1. The van der Waals surface area contributed by atoms with Crippen molar-refractivity contribution in [3.8, 4) is 0 Å². The van der Waals surface area contributed by atoms with E-state index in [-0.39, 0.29) is 30.0 Å². The largest absolute Gasteiger partial charge is 0.456 e. The van der Waals surface area contributed by atoms with E-state index in [4.69, 9.17) is 27.9 Å². The lowest BCUT2D eigenvalue weighted by molar-refractivity contribution is -0.147. The number of nitrogens with one attached hydrogen (secondary N) is 2. The molecule has 2 rings (SSSR count). The number of benzene rings is 2. The Kier molecular flexibility index (Phi) is 9.57. The van der Waals surface area contributed by atoms with Crippen molar-refractivity contribution in [1.29, 1.82) is 0 Å². The minimum absolute atomic E-state index is 0.0518. The molecule has 0 aliphatic heterocycles. The van der Waals surface area contributed by atoms with Crippen LogP contribution in [0.1, 0.15) is 30.4 Å². The van der Waals surface area contributed by atoms with Crippen molar-refractivity contribution in [3.05, 3.63) is 56.0 Å². The van der Waals surface area contributed by atoms with Gasteiger partial charge in [-0.25, -0.2) is 0 Å². The summed E-state index contributed by atoms with van der Waals surface area (Å²) in [5.41, 5.74) is 0.0794. The zero-order chi connectivity index (χ0) is 24.8. The minimum Gasteiger partial charge on any atom is -0.456 e. The fourth-order valence-corrected chi connectivity index (χ4v) is 3.38. The standard InChI is InChI=1S/C21H18BrCl2F3N2O4/c1-11-7-13(22)15(24)9-16(11)28-19(31)10-33-20(32)4-2-3-18(30)29-17-8-12(21(25,26)27)5-6-14(17)23/h5-9H,2-4,10H2,1H3,(H,28,31)(H,29,30). The lowest BCUT2D eigenvalue weighted by Gasteiger charge is -2.12. The van der Waals surface area contributed by atoms with Crippen LogP contribution in [0.2, 0.25) is 10.0 Å². The molecule has 0 unspecified atom stereocenters. The van der Waals surface area contributed by atoms with Gasteiger partial charge in [-0.2, -0.15) is 13.2 Å². The molecule has 0 atom stereocenters. The molecule has 0 saturated carbocycles. The van der Waals surface area contributed by atoms with Crippen molar-refractivity contribution < 1.29 is 32.3 Å². The Morgan fingerprint density at radius 3 is 2.30 bits per heavy atom. The Morgan fingerprint density at radius 2 is 1.64 bits per heavy atom. The summed E-state index contributed by atoms with van der Waals surface area (Å²) in [6.45, 7) is 1.23. The smallest absolute Gasteiger partial charge is 0.416 e. The highest BCUT2D eigenvalue weighted by molar-refractivity contribution is 9.10. The van der Waals surface area contributed by atoms with E-state index in [0.29, 0.717) is 15.2 Å². The van der Waals surface area contributed by atoms with E-state index < -0.39 is 36.1 Å². The summed E-state index contributed by atoms with van der Waals surface area (Å²) in [6, 6.07) is 5.84. The highest BCUT2D eigenvalue weighted by atomic mass is 79.9. The zero-order valence-corrected chi connectivity index (χ0v) is 20.2. The van der Waals surface area contributed by atoms with Gasteiger partial charge in [-0.1, -0.05) is 23.2 Å². The fourth-order valence-electron chi connectivity index (χ4n) is 2.59. The molecule has 2 aromatic carbocycles. The van der Waals surface area contributed by atoms with Gasteiger partial charge in [0, 0.05) is 23.0 Å². The summed E-state index contributed by atoms with van der Waals surface area (Å²) in [7, 11) is 0. The minimum atomic E-state index is -4.58. The highest BCUT2D eigenvalue weighted by Gasteiger charge is 2.31. The first-order chi connectivity index (χ1) is 15.4. The van der Waals surface area contributed by atoms with Crippen molar-refractivity contribution >= 4 is 68.3 Å². The molecule has 0 saturated heterocycles. The van der Waals surface area contributed by atoms with Crippen molar-refractivity contribution in [2.24, 2.45) is 0 Å². The van der Waals surface area contributed by atoms with Crippen LogP contribution < -0.4 is 10.6 Å². The first-order valence-electron chi connectivity index (χ1n) is 9.44. The molecule has 0 spiro atoms. The molecule has 0 aromatic heterocycles. The van der Waals surface area contributed by atoms with Crippen LogP contribution in [0.4, 0.5) is 24.5 Å². The molecule has 12 heteroatoms.